The molecule has 1 aromatic carbocycles. The predicted molar refractivity (Wildman–Crippen MR) is 108 cm³/mol. The van der Waals surface area contributed by atoms with E-state index in [1.165, 1.54) is 46.1 Å². The summed E-state index contributed by atoms with van der Waals surface area (Å²) in [5.41, 5.74) is 1.16. The fourth-order valence-corrected chi connectivity index (χ4v) is 3.41. The maximum Gasteiger partial charge on any atom is 0.308 e. The minimum atomic E-state index is -0.677. The van der Waals surface area contributed by atoms with Gasteiger partial charge < -0.3 is 9.47 Å². The van der Waals surface area contributed by atoms with Gasteiger partial charge in [-0.25, -0.2) is 0 Å². The molecule has 6 nitrogen and oxygen atoms in total. The molecule has 0 radical (unpaired) electrons. The van der Waals surface area contributed by atoms with Gasteiger partial charge in [-0.15, -0.1) is 0 Å². The fourth-order valence-electron chi connectivity index (χ4n) is 3.41. The van der Waals surface area contributed by atoms with E-state index < -0.39 is 17.7 Å². The number of ether oxygens (including phenoxy) is 2. The SMILES string of the molecule is CCCCCCCCc1cc2c(cc1OC(C)=O)C(=O)C(OC(C)=O)=C(C)C2=O. The molecule has 29 heavy (non-hydrogen) atoms. The quantitative estimate of drug-likeness (QED) is 0.338. The van der Waals surface area contributed by atoms with E-state index in [-0.39, 0.29) is 34.0 Å². The van der Waals surface area contributed by atoms with Gasteiger partial charge in [0.15, 0.2) is 11.5 Å². The van der Waals surface area contributed by atoms with Crippen molar-refractivity contribution < 1.29 is 28.7 Å². The van der Waals surface area contributed by atoms with Crippen molar-refractivity contribution in [3.05, 3.63) is 40.2 Å². The van der Waals surface area contributed by atoms with E-state index in [1.54, 1.807) is 6.07 Å². The molecule has 0 N–H and O–H groups in total. The van der Waals surface area contributed by atoms with Crippen molar-refractivity contribution in [2.75, 3.05) is 0 Å². The van der Waals surface area contributed by atoms with Crippen LogP contribution in [0.1, 0.15) is 92.5 Å². The van der Waals surface area contributed by atoms with E-state index in [0.717, 1.165) is 24.8 Å². The van der Waals surface area contributed by atoms with E-state index in [0.29, 0.717) is 6.42 Å². The van der Waals surface area contributed by atoms with Gasteiger partial charge in [0, 0.05) is 30.5 Å². The Morgan fingerprint density at radius 3 is 2.03 bits per heavy atom. The summed E-state index contributed by atoms with van der Waals surface area (Å²) < 4.78 is 10.3. The summed E-state index contributed by atoms with van der Waals surface area (Å²) in [6.07, 6.45) is 7.29. The van der Waals surface area contributed by atoms with E-state index in [2.05, 4.69) is 6.92 Å². The van der Waals surface area contributed by atoms with Gasteiger partial charge in [-0.2, -0.15) is 0 Å². The summed E-state index contributed by atoms with van der Waals surface area (Å²) >= 11 is 0. The number of rotatable bonds is 9. The van der Waals surface area contributed by atoms with E-state index >= 15 is 0 Å². The lowest BCUT2D eigenvalue weighted by molar-refractivity contribution is -0.136. The molecule has 1 aliphatic carbocycles. The number of hydrogen-bond acceptors (Lipinski definition) is 6. The molecule has 1 aliphatic rings. The first-order chi connectivity index (χ1) is 13.8. The number of unbranched alkanes of at least 4 members (excludes halogenated alkanes) is 5. The molecule has 0 unspecified atom stereocenters. The van der Waals surface area contributed by atoms with Crippen molar-refractivity contribution in [3.8, 4) is 5.75 Å². The number of carbonyl (C=O) groups excluding carboxylic acids is 4. The Balaban J connectivity index is 2.33. The Labute approximate surface area is 171 Å². The van der Waals surface area contributed by atoms with E-state index in [4.69, 9.17) is 9.47 Å². The number of hydrogen-bond donors (Lipinski definition) is 0. The number of fused-ring (bicyclic) bond motifs is 1. The molecule has 0 atom stereocenters. The number of esters is 2. The van der Waals surface area contributed by atoms with Gasteiger partial charge in [-0.3, -0.25) is 19.2 Å². The highest BCUT2D eigenvalue weighted by molar-refractivity contribution is 6.26. The molecule has 0 aromatic heterocycles. The molecule has 0 heterocycles. The van der Waals surface area contributed by atoms with Crippen LogP contribution in [-0.4, -0.2) is 23.5 Å². The van der Waals surface area contributed by atoms with Crippen LogP contribution in [0, 0.1) is 0 Å². The topological polar surface area (TPSA) is 86.7 Å². The van der Waals surface area contributed by atoms with Crippen LogP contribution >= 0.6 is 0 Å². The molecular formula is C23H28O6. The number of ketones is 2. The molecule has 6 heteroatoms. The average Bonchev–Trinajstić information content (AvgIpc) is 2.66. The third-order valence-corrected chi connectivity index (χ3v) is 4.88. The molecule has 2 rings (SSSR count). The Morgan fingerprint density at radius 1 is 0.828 bits per heavy atom. The Bertz CT molecular complexity index is 862. The van der Waals surface area contributed by atoms with Crippen molar-refractivity contribution in [2.45, 2.75) is 72.6 Å². The largest absolute Gasteiger partial charge is 0.426 e. The number of Topliss-reactive ketones (excluding diaryl/α,β-unsaturated/α-hetero) is 2. The van der Waals surface area contributed by atoms with Crippen molar-refractivity contribution >= 4 is 23.5 Å². The lowest BCUT2D eigenvalue weighted by atomic mass is 9.86. The normalized spacial score (nSPS) is 13.4. The average molecular weight is 400 g/mol. The fraction of sp³-hybridized carbons (Fsp3) is 0.478. The van der Waals surface area contributed by atoms with Gasteiger partial charge >= 0.3 is 11.9 Å². The number of benzene rings is 1. The van der Waals surface area contributed by atoms with E-state index in [1.807, 2.05) is 0 Å². The molecule has 0 amide bonds. The first kappa shape index (κ1) is 22.5. The zero-order valence-electron chi connectivity index (χ0n) is 17.6. The lowest BCUT2D eigenvalue weighted by Crippen LogP contribution is -2.24. The minimum Gasteiger partial charge on any atom is -0.426 e. The van der Waals surface area contributed by atoms with Gasteiger partial charge in [0.2, 0.25) is 5.78 Å². The first-order valence-electron chi connectivity index (χ1n) is 10.1. The maximum absolute atomic E-state index is 12.8. The monoisotopic (exact) mass is 400 g/mol. The summed E-state index contributed by atoms with van der Waals surface area (Å²) in [6, 6.07) is 3.05. The van der Waals surface area contributed by atoms with Gasteiger partial charge in [0.1, 0.15) is 5.75 Å². The van der Waals surface area contributed by atoms with Crippen molar-refractivity contribution in [1.82, 2.24) is 0 Å². The minimum absolute atomic E-state index is 0.0831. The van der Waals surface area contributed by atoms with Crippen LogP contribution in [0.25, 0.3) is 0 Å². The molecule has 0 spiro atoms. The van der Waals surface area contributed by atoms with Crippen molar-refractivity contribution in [2.24, 2.45) is 0 Å². The number of carbonyl (C=O) groups is 4. The summed E-state index contributed by atoms with van der Waals surface area (Å²) in [6.45, 7) is 6.09. The summed E-state index contributed by atoms with van der Waals surface area (Å²) in [5, 5.41) is 0. The van der Waals surface area contributed by atoms with Crippen LogP contribution in [-0.2, 0) is 20.7 Å². The van der Waals surface area contributed by atoms with Gasteiger partial charge in [-0.05, 0) is 37.5 Å². The van der Waals surface area contributed by atoms with E-state index in [9.17, 15) is 19.2 Å². The Morgan fingerprint density at radius 2 is 1.41 bits per heavy atom. The lowest BCUT2D eigenvalue weighted by Gasteiger charge is -2.20. The predicted octanol–water partition coefficient (Wildman–Crippen LogP) is 4.73. The Hall–Kier alpha value is -2.76. The standard InChI is InChI=1S/C23H28O6/c1-5-6-7-8-9-10-11-17-12-18-19(13-20(17)28-15(3)24)22(27)23(29-16(4)25)14(2)21(18)26/h12-13H,5-11H2,1-4H3. The summed E-state index contributed by atoms with van der Waals surface area (Å²) in [7, 11) is 0. The summed E-state index contributed by atoms with van der Waals surface area (Å²) in [4.78, 5) is 48.4. The Kier molecular flexibility index (Phi) is 7.88. The summed E-state index contributed by atoms with van der Waals surface area (Å²) in [5.74, 6) is -2.11. The molecule has 1 aromatic rings. The van der Waals surface area contributed by atoms with Crippen LogP contribution in [0.4, 0.5) is 0 Å². The molecule has 0 bridgehead atoms. The van der Waals surface area contributed by atoms with Crippen LogP contribution in [0.2, 0.25) is 0 Å². The highest BCUT2D eigenvalue weighted by Gasteiger charge is 2.33. The molecular weight excluding hydrogens is 372 g/mol. The zero-order valence-corrected chi connectivity index (χ0v) is 17.6. The van der Waals surface area contributed by atoms with Crippen LogP contribution in [0.3, 0.4) is 0 Å². The second-order valence-electron chi connectivity index (χ2n) is 7.32. The zero-order chi connectivity index (χ0) is 21.6. The van der Waals surface area contributed by atoms with Crippen LogP contribution < -0.4 is 4.74 Å². The van der Waals surface area contributed by atoms with Crippen molar-refractivity contribution in [3.63, 3.8) is 0 Å². The molecule has 0 fully saturated rings. The van der Waals surface area contributed by atoms with Gasteiger partial charge in [0.05, 0.1) is 0 Å². The molecule has 156 valence electrons. The van der Waals surface area contributed by atoms with Crippen LogP contribution in [0.5, 0.6) is 5.75 Å². The third kappa shape index (κ3) is 5.62. The molecule has 0 aliphatic heterocycles. The third-order valence-electron chi connectivity index (χ3n) is 4.88. The van der Waals surface area contributed by atoms with Crippen molar-refractivity contribution in [1.29, 1.82) is 0 Å². The maximum atomic E-state index is 12.8. The van der Waals surface area contributed by atoms with Gasteiger partial charge in [-0.1, -0.05) is 39.0 Å². The van der Waals surface area contributed by atoms with Crippen LogP contribution in [0.15, 0.2) is 23.5 Å². The highest BCUT2D eigenvalue weighted by atomic mass is 16.5. The number of aryl methyl sites for hydroxylation is 1. The first-order valence-corrected chi connectivity index (χ1v) is 10.1. The number of allylic oxidation sites excluding steroid dienone is 2. The highest BCUT2D eigenvalue weighted by Crippen LogP contribution is 2.33. The van der Waals surface area contributed by atoms with Gasteiger partial charge in [0.25, 0.3) is 0 Å². The second-order valence-corrected chi connectivity index (χ2v) is 7.32. The smallest absolute Gasteiger partial charge is 0.308 e. The molecule has 0 saturated heterocycles. The molecule has 0 saturated carbocycles. The second kappa shape index (κ2) is 10.1.